The number of carbonyl (C=O) groups excluding carboxylic acids is 1. The van der Waals surface area contributed by atoms with Crippen LogP contribution in [0.15, 0.2) is 18.2 Å². The van der Waals surface area contributed by atoms with Gasteiger partial charge in [0.15, 0.2) is 0 Å². The molecule has 1 N–H and O–H groups in total. The number of aliphatic hydroxyl groups is 1. The lowest BCUT2D eigenvalue weighted by atomic mass is 10.1. The molecule has 0 aliphatic carbocycles. The highest BCUT2D eigenvalue weighted by Crippen LogP contribution is 2.32. The number of nitrogens with zero attached hydrogens (tertiary/aromatic N) is 1. The molecule has 1 atom stereocenters. The van der Waals surface area contributed by atoms with Gasteiger partial charge in [-0.1, -0.05) is 0 Å². The molecule has 0 radical (unpaired) electrons. The molecule has 110 valence electrons. The Kier molecular flexibility index (Phi) is 3.99. The van der Waals surface area contributed by atoms with E-state index in [1.54, 1.807) is 0 Å². The lowest BCUT2D eigenvalue weighted by Gasteiger charge is -2.17. The van der Waals surface area contributed by atoms with Gasteiger partial charge in [-0.2, -0.15) is 13.2 Å². The minimum Gasteiger partial charge on any atom is -0.396 e. The van der Waals surface area contributed by atoms with Crippen LogP contribution in [-0.2, 0) is 6.18 Å². The molecule has 1 saturated heterocycles. The Balaban J connectivity index is 2.23. The number of halogens is 4. The summed E-state index contributed by atoms with van der Waals surface area (Å²) in [5, 5.41) is 8.99. The first-order chi connectivity index (χ1) is 9.32. The molecule has 7 heteroatoms. The maximum atomic E-state index is 13.1. The zero-order valence-electron chi connectivity index (χ0n) is 10.5. The third-order valence-electron chi connectivity index (χ3n) is 3.35. The average Bonchev–Trinajstić information content (AvgIpc) is 2.86. The van der Waals surface area contributed by atoms with Crippen molar-refractivity contribution in [2.24, 2.45) is 5.92 Å². The molecule has 0 bridgehead atoms. The number of amides is 1. The van der Waals surface area contributed by atoms with Crippen LogP contribution in [0.5, 0.6) is 0 Å². The fraction of sp³-hybridized carbons (Fsp3) is 0.462. The smallest absolute Gasteiger partial charge is 0.396 e. The molecule has 1 aromatic carbocycles. The van der Waals surface area contributed by atoms with Gasteiger partial charge in [-0.05, 0) is 24.6 Å². The molecule has 0 spiro atoms. The van der Waals surface area contributed by atoms with Gasteiger partial charge in [0, 0.05) is 31.2 Å². The van der Waals surface area contributed by atoms with E-state index in [0.717, 1.165) is 6.07 Å². The van der Waals surface area contributed by atoms with Crippen LogP contribution in [0.25, 0.3) is 0 Å². The van der Waals surface area contributed by atoms with Crippen molar-refractivity contribution in [3.05, 3.63) is 35.1 Å². The molecular weight excluding hydrogens is 278 g/mol. The van der Waals surface area contributed by atoms with Crippen LogP contribution >= 0.6 is 0 Å². The van der Waals surface area contributed by atoms with E-state index in [9.17, 15) is 22.4 Å². The molecule has 1 aliphatic rings. The summed E-state index contributed by atoms with van der Waals surface area (Å²) in [5.41, 5.74) is -1.64. The predicted octanol–water partition coefficient (Wildman–Crippen LogP) is 2.30. The van der Waals surface area contributed by atoms with Gasteiger partial charge in [-0.25, -0.2) is 4.39 Å². The fourth-order valence-electron chi connectivity index (χ4n) is 2.22. The second kappa shape index (κ2) is 5.40. The number of carbonyl (C=O) groups is 1. The molecule has 1 aliphatic heterocycles. The van der Waals surface area contributed by atoms with E-state index in [0.29, 0.717) is 31.6 Å². The quantitative estimate of drug-likeness (QED) is 0.849. The molecule has 3 nitrogen and oxygen atoms in total. The first-order valence-electron chi connectivity index (χ1n) is 6.10. The number of likely N-dealkylation sites (tertiary alicyclic amines) is 1. The van der Waals surface area contributed by atoms with Gasteiger partial charge < -0.3 is 10.0 Å². The van der Waals surface area contributed by atoms with Crippen molar-refractivity contribution < 1.29 is 27.5 Å². The van der Waals surface area contributed by atoms with Crippen LogP contribution in [0.1, 0.15) is 22.3 Å². The highest BCUT2D eigenvalue weighted by molar-refractivity contribution is 5.94. The summed E-state index contributed by atoms with van der Waals surface area (Å²) in [5.74, 6) is -2.03. The van der Waals surface area contributed by atoms with E-state index >= 15 is 0 Å². The van der Waals surface area contributed by atoms with Crippen LogP contribution in [0.3, 0.4) is 0 Å². The summed E-state index contributed by atoms with van der Waals surface area (Å²) in [6, 6.07) is 2.22. The van der Waals surface area contributed by atoms with Gasteiger partial charge in [0.25, 0.3) is 5.91 Å². The Morgan fingerprint density at radius 1 is 1.40 bits per heavy atom. The van der Waals surface area contributed by atoms with Gasteiger partial charge in [0.2, 0.25) is 0 Å². The average molecular weight is 291 g/mol. The summed E-state index contributed by atoms with van der Waals surface area (Å²) in [6.07, 6.45) is -4.23. The number of hydrogen-bond acceptors (Lipinski definition) is 2. The van der Waals surface area contributed by atoms with Crippen molar-refractivity contribution >= 4 is 5.91 Å². The van der Waals surface area contributed by atoms with Crippen molar-refractivity contribution in [3.8, 4) is 0 Å². The Morgan fingerprint density at radius 2 is 2.10 bits per heavy atom. The molecule has 0 aromatic heterocycles. The van der Waals surface area contributed by atoms with Gasteiger partial charge in [0.05, 0.1) is 5.56 Å². The van der Waals surface area contributed by atoms with Gasteiger partial charge in [-0.15, -0.1) is 0 Å². The number of benzene rings is 1. The number of hydrogen-bond donors (Lipinski definition) is 1. The number of aliphatic hydroxyl groups excluding tert-OH is 1. The SMILES string of the molecule is O=C(c1ccc(F)c(C(F)(F)F)c1)N1CCC(CO)C1. The summed E-state index contributed by atoms with van der Waals surface area (Å²) >= 11 is 0. The zero-order valence-corrected chi connectivity index (χ0v) is 10.5. The van der Waals surface area contributed by atoms with Gasteiger partial charge >= 0.3 is 6.18 Å². The van der Waals surface area contributed by atoms with Crippen LogP contribution < -0.4 is 0 Å². The second-order valence-electron chi connectivity index (χ2n) is 4.78. The first kappa shape index (κ1) is 14.8. The van der Waals surface area contributed by atoms with Crippen molar-refractivity contribution in [3.63, 3.8) is 0 Å². The maximum Gasteiger partial charge on any atom is 0.419 e. The Morgan fingerprint density at radius 3 is 2.65 bits per heavy atom. The van der Waals surface area contributed by atoms with Crippen molar-refractivity contribution in [1.29, 1.82) is 0 Å². The summed E-state index contributed by atoms with van der Waals surface area (Å²) in [6.45, 7) is 0.609. The molecular formula is C13H13F4NO2. The van der Waals surface area contributed by atoms with E-state index in [1.165, 1.54) is 4.90 Å². The maximum absolute atomic E-state index is 13.1. The Labute approximate surface area is 112 Å². The monoisotopic (exact) mass is 291 g/mol. The van der Waals surface area contributed by atoms with E-state index in [1.807, 2.05) is 0 Å². The lowest BCUT2D eigenvalue weighted by molar-refractivity contribution is -0.140. The Bertz CT molecular complexity index is 516. The van der Waals surface area contributed by atoms with Crippen LogP contribution in [0, 0.1) is 11.7 Å². The molecule has 1 fully saturated rings. The molecule has 1 aromatic rings. The van der Waals surface area contributed by atoms with Crippen molar-refractivity contribution in [2.75, 3.05) is 19.7 Å². The van der Waals surface area contributed by atoms with Gasteiger partial charge in [-0.3, -0.25) is 4.79 Å². The Hall–Kier alpha value is -1.63. The van der Waals surface area contributed by atoms with E-state index in [4.69, 9.17) is 5.11 Å². The molecule has 0 saturated carbocycles. The topological polar surface area (TPSA) is 40.5 Å². The van der Waals surface area contributed by atoms with E-state index in [-0.39, 0.29) is 18.1 Å². The molecule has 1 unspecified atom stereocenters. The molecule has 2 rings (SSSR count). The largest absolute Gasteiger partial charge is 0.419 e. The van der Waals surface area contributed by atoms with Crippen LogP contribution in [-0.4, -0.2) is 35.6 Å². The number of alkyl halides is 3. The summed E-state index contributed by atoms with van der Waals surface area (Å²) in [4.78, 5) is 13.4. The minimum atomic E-state index is -4.83. The van der Waals surface area contributed by atoms with E-state index in [2.05, 4.69) is 0 Å². The molecule has 1 amide bonds. The zero-order chi connectivity index (χ0) is 14.9. The predicted molar refractivity (Wildman–Crippen MR) is 62.5 cm³/mol. The highest BCUT2D eigenvalue weighted by Gasteiger charge is 2.35. The van der Waals surface area contributed by atoms with Crippen molar-refractivity contribution in [2.45, 2.75) is 12.6 Å². The summed E-state index contributed by atoms with van der Waals surface area (Å²) in [7, 11) is 0. The lowest BCUT2D eigenvalue weighted by Crippen LogP contribution is -2.29. The second-order valence-corrected chi connectivity index (χ2v) is 4.78. The number of rotatable bonds is 2. The van der Waals surface area contributed by atoms with Crippen LogP contribution in [0.4, 0.5) is 17.6 Å². The van der Waals surface area contributed by atoms with E-state index < -0.39 is 23.5 Å². The van der Waals surface area contributed by atoms with Gasteiger partial charge in [0.1, 0.15) is 5.82 Å². The molecule has 20 heavy (non-hydrogen) atoms. The van der Waals surface area contributed by atoms with Crippen molar-refractivity contribution in [1.82, 2.24) is 4.90 Å². The van der Waals surface area contributed by atoms with Crippen LogP contribution in [0.2, 0.25) is 0 Å². The third-order valence-corrected chi connectivity index (χ3v) is 3.35. The standard InChI is InChI=1S/C13H13F4NO2/c14-11-2-1-9(5-10(11)13(15,16)17)12(20)18-4-3-8(6-18)7-19/h1-2,5,8,19H,3-4,6-7H2. The highest BCUT2D eigenvalue weighted by atomic mass is 19.4. The minimum absolute atomic E-state index is 0.0542. The molecule has 1 heterocycles. The third kappa shape index (κ3) is 2.92. The summed E-state index contributed by atoms with van der Waals surface area (Å²) < 4.78 is 50.9. The first-order valence-corrected chi connectivity index (χ1v) is 6.10. The fourth-order valence-corrected chi connectivity index (χ4v) is 2.22. The normalized spacial score (nSPS) is 19.4.